The average molecular weight is 218 g/mol. The van der Waals surface area contributed by atoms with Crippen LogP contribution in [0.2, 0.25) is 0 Å². The monoisotopic (exact) mass is 218 g/mol. The summed E-state index contributed by atoms with van der Waals surface area (Å²) in [5, 5.41) is 8.65. The number of rotatable bonds is 1. The van der Waals surface area contributed by atoms with Crippen LogP contribution in [-0.2, 0) is 4.74 Å². The van der Waals surface area contributed by atoms with Crippen LogP contribution in [0.4, 0.5) is 0 Å². The zero-order chi connectivity index (χ0) is 12.3. The van der Waals surface area contributed by atoms with E-state index in [1.54, 1.807) is 33.8 Å². The SMILES string of the molecule is Cc1nc(C#N)ccc1C(=O)OC(C)(C)C. The predicted octanol–water partition coefficient (Wildman–Crippen LogP) is 2.22. The summed E-state index contributed by atoms with van der Waals surface area (Å²) in [6, 6.07) is 4.99. The Hall–Kier alpha value is -1.89. The van der Waals surface area contributed by atoms with Crippen LogP contribution in [-0.4, -0.2) is 16.6 Å². The van der Waals surface area contributed by atoms with Crippen molar-refractivity contribution in [2.75, 3.05) is 0 Å². The molecule has 1 heterocycles. The zero-order valence-electron chi connectivity index (χ0n) is 9.87. The van der Waals surface area contributed by atoms with Crippen LogP contribution in [0.3, 0.4) is 0 Å². The highest BCUT2D eigenvalue weighted by Crippen LogP contribution is 2.14. The number of carbonyl (C=O) groups is 1. The van der Waals surface area contributed by atoms with Crippen molar-refractivity contribution in [1.82, 2.24) is 4.98 Å². The van der Waals surface area contributed by atoms with Crippen molar-refractivity contribution in [3.05, 3.63) is 29.1 Å². The Morgan fingerprint density at radius 3 is 2.50 bits per heavy atom. The molecule has 1 aromatic rings. The van der Waals surface area contributed by atoms with Gasteiger partial charge >= 0.3 is 5.97 Å². The van der Waals surface area contributed by atoms with E-state index in [1.165, 1.54) is 6.07 Å². The lowest BCUT2D eigenvalue weighted by Gasteiger charge is -2.19. The van der Waals surface area contributed by atoms with Gasteiger partial charge in [0.25, 0.3) is 0 Å². The van der Waals surface area contributed by atoms with Crippen molar-refractivity contribution in [3.63, 3.8) is 0 Å². The number of aromatic nitrogens is 1. The number of carbonyl (C=O) groups excluding carboxylic acids is 1. The van der Waals surface area contributed by atoms with E-state index >= 15 is 0 Å². The van der Waals surface area contributed by atoms with Crippen LogP contribution in [0.1, 0.15) is 42.5 Å². The Bertz CT molecular complexity index is 453. The number of esters is 1. The van der Waals surface area contributed by atoms with Gasteiger partial charge in [0.05, 0.1) is 11.3 Å². The molecule has 0 aromatic carbocycles. The fraction of sp³-hybridized carbons (Fsp3) is 0.417. The molecule has 1 rings (SSSR count). The maximum Gasteiger partial charge on any atom is 0.340 e. The highest BCUT2D eigenvalue weighted by molar-refractivity contribution is 5.90. The molecule has 84 valence electrons. The second-order valence-corrected chi connectivity index (χ2v) is 4.44. The Kier molecular flexibility index (Phi) is 3.28. The molecule has 4 heteroatoms. The van der Waals surface area contributed by atoms with Crippen LogP contribution in [0.25, 0.3) is 0 Å². The molecule has 0 aliphatic heterocycles. The first-order valence-corrected chi connectivity index (χ1v) is 4.94. The summed E-state index contributed by atoms with van der Waals surface area (Å²) in [4.78, 5) is 15.7. The lowest BCUT2D eigenvalue weighted by molar-refractivity contribution is 0.00682. The van der Waals surface area contributed by atoms with Crippen molar-refractivity contribution in [2.24, 2.45) is 0 Å². The topological polar surface area (TPSA) is 63.0 Å². The van der Waals surface area contributed by atoms with E-state index in [4.69, 9.17) is 10.00 Å². The third-order valence-electron chi connectivity index (χ3n) is 1.82. The van der Waals surface area contributed by atoms with Gasteiger partial charge < -0.3 is 4.74 Å². The molecule has 0 N–H and O–H groups in total. The van der Waals surface area contributed by atoms with Crippen LogP contribution in [0.15, 0.2) is 12.1 Å². The highest BCUT2D eigenvalue weighted by atomic mass is 16.6. The van der Waals surface area contributed by atoms with E-state index in [2.05, 4.69) is 4.98 Å². The van der Waals surface area contributed by atoms with E-state index in [1.807, 2.05) is 6.07 Å². The van der Waals surface area contributed by atoms with Gasteiger partial charge in [0.1, 0.15) is 17.4 Å². The average Bonchev–Trinajstić information content (AvgIpc) is 2.14. The Labute approximate surface area is 94.9 Å². The highest BCUT2D eigenvalue weighted by Gasteiger charge is 2.19. The zero-order valence-corrected chi connectivity index (χ0v) is 9.87. The third kappa shape index (κ3) is 3.06. The van der Waals surface area contributed by atoms with E-state index in [9.17, 15) is 4.79 Å². The Morgan fingerprint density at radius 1 is 1.44 bits per heavy atom. The standard InChI is InChI=1S/C12H14N2O2/c1-8-10(6-5-9(7-13)14-8)11(15)16-12(2,3)4/h5-6H,1-4H3. The largest absolute Gasteiger partial charge is 0.456 e. The maximum absolute atomic E-state index is 11.7. The smallest absolute Gasteiger partial charge is 0.340 e. The van der Waals surface area contributed by atoms with E-state index < -0.39 is 11.6 Å². The summed E-state index contributed by atoms with van der Waals surface area (Å²) in [5.74, 6) is -0.415. The van der Waals surface area contributed by atoms with Gasteiger partial charge in [0.2, 0.25) is 0 Å². The molecule has 0 bridgehead atoms. The first-order chi connectivity index (χ1) is 7.33. The van der Waals surface area contributed by atoms with Gasteiger partial charge in [0.15, 0.2) is 0 Å². The number of aryl methyl sites for hydroxylation is 1. The second kappa shape index (κ2) is 4.31. The lowest BCUT2D eigenvalue weighted by Crippen LogP contribution is -2.24. The number of nitrogens with zero attached hydrogens (tertiary/aromatic N) is 2. The minimum Gasteiger partial charge on any atom is -0.456 e. The number of hydrogen-bond donors (Lipinski definition) is 0. The van der Waals surface area contributed by atoms with Gasteiger partial charge in [-0.15, -0.1) is 0 Å². The van der Waals surface area contributed by atoms with Crippen molar-refractivity contribution < 1.29 is 9.53 Å². The van der Waals surface area contributed by atoms with Gasteiger partial charge in [-0.1, -0.05) is 0 Å². The summed E-state index contributed by atoms with van der Waals surface area (Å²) < 4.78 is 5.22. The normalized spacial score (nSPS) is 10.7. The molecular formula is C12H14N2O2. The first-order valence-electron chi connectivity index (χ1n) is 4.94. The number of ether oxygens (including phenoxy) is 1. The fourth-order valence-corrected chi connectivity index (χ4v) is 1.17. The molecule has 0 atom stereocenters. The number of nitriles is 1. The molecule has 0 fully saturated rings. The molecule has 4 nitrogen and oxygen atoms in total. The third-order valence-corrected chi connectivity index (χ3v) is 1.82. The van der Waals surface area contributed by atoms with Crippen molar-refractivity contribution >= 4 is 5.97 Å². The summed E-state index contributed by atoms with van der Waals surface area (Å²) in [5.41, 5.74) is 0.671. The number of hydrogen-bond acceptors (Lipinski definition) is 4. The molecule has 0 amide bonds. The summed E-state index contributed by atoms with van der Waals surface area (Å²) >= 11 is 0. The quantitative estimate of drug-likeness (QED) is 0.678. The summed E-state index contributed by atoms with van der Waals surface area (Å²) in [6.45, 7) is 7.09. The van der Waals surface area contributed by atoms with Gasteiger partial charge in [-0.05, 0) is 39.8 Å². The fourth-order valence-electron chi connectivity index (χ4n) is 1.17. The van der Waals surface area contributed by atoms with Crippen molar-refractivity contribution in [3.8, 4) is 6.07 Å². The maximum atomic E-state index is 11.7. The van der Waals surface area contributed by atoms with Crippen LogP contribution >= 0.6 is 0 Å². The Morgan fingerprint density at radius 2 is 2.06 bits per heavy atom. The van der Waals surface area contributed by atoms with Crippen LogP contribution in [0.5, 0.6) is 0 Å². The van der Waals surface area contributed by atoms with Gasteiger partial charge in [-0.2, -0.15) is 5.26 Å². The minimum atomic E-state index is -0.530. The summed E-state index contributed by atoms with van der Waals surface area (Å²) in [7, 11) is 0. The number of pyridine rings is 1. The molecular weight excluding hydrogens is 204 g/mol. The van der Waals surface area contributed by atoms with Crippen molar-refractivity contribution in [2.45, 2.75) is 33.3 Å². The van der Waals surface area contributed by atoms with Gasteiger partial charge in [-0.3, -0.25) is 0 Å². The molecule has 0 aliphatic rings. The molecule has 0 spiro atoms. The van der Waals surface area contributed by atoms with E-state index in [-0.39, 0.29) is 0 Å². The minimum absolute atomic E-state index is 0.296. The van der Waals surface area contributed by atoms with Crippen LogP contribution in [0, 0.1) is 18.3 Å². The molecule has 0 radical (unpaired) electrons. The lowest BCUT2D eigenvalue weighted by atomic mass is 10.1. The summed E-state index contributed by atoms with van der Waals surface area (Å²) in [6.07, 6.45) is 0. The van der Waals surface area contributed by atoms with E-state index in [0.29, 0.717) is 17.0 Å². The van der Waals surface area contributed by atoms with Gasteiger partial charge in [0, 0.05) is 0 Å². The van der Waals surface area contributed by atoms with Gasteiger partial charge in [-0.25, -0.2) is 9.78 Å². The molecule has 0 saturated carbocycles. The molecule has 16 heavy (non-hydrogen) atoms. The molecule has 0 unspecified atom stereocenters. The van der Waals surface area contributed by atoms with Crippen molar-refractivity contribution in [1.29, 1.82) is 5.26 Å². The van der Waals surface area contributed by atoms with E-state index in [0.717, 1.165) is 0 Å². The Balaban J connectivity index is 2.98. The predicted molar refractivity (Wildman–Crippen MR) is 58.9 cm³/mol. The first kappa shape index (κ1) is 12.2. The molecule has 0 aliphatic carbocycles. The second-order valence-electron chi connectivity index (χ2n) is 4.44. The molecule has 0 saturated heterocycles. The molecule has 1 aromatic heterocycles. The van der Waals surface area contributed by atoms with Crippen LogP contribution < -0.4 is 0 Å².